The Labute approximate surface area is 146 Å². The summed E-state index contributed by atoms with van der Waals surface area (Å²) < 4.78 is 13.9. The largest absolute Gasteiger partial charge is 0.480 e. The molecule has 1 saturated heterocycles. The Morgan fingerprint density at radius 3 is 2.75 bits per heavy atom. The van der Waals surface area contributed by atoms with Gasteiger partial charge in [-0.1, -0.05) is 17.7 Å². The number of hydrogen-bond donors (Lipinski definition) is 1. The Morgan fingerprint density at radius 1 is 1.38 bits per heavy atom. The summed E-state index contributed by atoms with van der Waals surface area (Å²) in [4.78, 5) is 26.2. The number of aliphatic carboxylic acids is 1. The van der Waals surface area contributed by atoms with Crippen LogP contribution in [0.3, 0.4) is 0 Å². The summed E-state index contributed by atoms with van der Waals surface area (Å²) in [6, 6.07) is 4.58. The van der Waals surface area contributed by atoms with E-state index in [0.717, 1.165) is 19.4 Å². The molecule has 0 bridgehead atoms. The Morgan fingerprint density at radius 2 is 2.12 bits per heavy atom. The fourth-order valence-corrected chi connectivity index (χ4v) is 3.30. The number of rotatable bonds is 5. The van der Waals surface area contributed by atoms with Crippen molar-refractivity contribution in [3.8, 4) is 0 Å². The van der Waals surface area contributed by atoms with Crippen LogP contribution in [0.4, 0.5) is 4.39 Å². The van der Waals surface area contributed by atoms with Crippen LogP contribution in [0.2, 0.25) is 5.02 Å². The van der Waals surface area contributed by atoms with Crippen molar-refractivity contribution in [2.75, 3.05) is 19.6 Å². The minimum absolute atomic E-state index is 0.0846. The van der Waals surface area contributed by atoms with Crippen molar-refractivity contribution >= 4 is 23.5 Å². The predicted octanol–water partition coefficient (Wildman–Crippen LogP) is 2.77. The minimum Gasteiger partial charge on any atom is -0.480 e. The van der Waals surface area contributed by atoms with Crippen LogP contribution in [-0.4, -0.2) is 52.5 Å². The molecule has 1 atom stereocenters. The van der Waals surface area contributed by atoms with Crippen molar-refractivity contribution in [3.05, 3.63) is 34.6 Å². The van der Waals surface area contributed by atoms with E-state index in [1.165, 1.54) is 17.9 Å². The molecule has 1 aliphatic rings. The molecule has 1 unspecified atom stereocenters. The molecule has 0 spiro atoms. The van der Waals surface area contributed by atoms with Gasteiger partial charge in [0.25, 0.3) is 0 Å². The van der Waals surface area contributed by atoms with Gasteiger partial charge in [-0.25, -0.2) is 4.39 Å². The van der Waals surface area contributed by atoms with Gasteiger partial charge < -0.3 is 10.0 Å². The molecule has 1 aliphatic heterocycles. The number of hydrogen-bond acceptors (Lipinski definition) is 3. The molecule has 1 aromatic carbocycles. The average molecular weight is 357 g/mol. The molecular weight excluding hydrogens is 335 g/mol. The summed E-state index contributed by atoms with van der Waals surface area (Å²) in [6.45, 7) is 3.09. The first kappa shape index (κ1) is 18.7. The third-order valence-electron chi connectivity index (χ3n) is 4.35. The third-order valence-corrected chi connectivity index (χ3v) is 4.59. The summed E-state index contributed by atoms with van der Waals surface area (Å²) in [5, 5.41) is 9.35. The molecule has 24 heavy (non-hydrogen) atoms. The molecule has 1 fully saturated rings. The fraction of sp³-hybridized carbons (Fsp3) is 0.529. The number of carbonyl (C=O) groups is 2. The lowest BCUT2D eigenvalue weighted by Crippen LogP contribution is -2.42. The second-order valence-corrected chi connectivity index (χ2v) is 6.57. The van der Waals surface area contributed by atoms with Gasteiger partial charge in [-0.2, -0.15) is 0 Å². The highest BCUT2D eigenvalue weighted by atomic mass is 35.5. The van der Waals surface area contributed by atoms with E-state index in [2.05, 4.69) is 4.90 Å². The van der Waals surface area contributed by atoms with Crippen molar-refractivity contribution in [2.45, 2.75) is 38.8 Å². The van der Waals surface area contributed by atoms with Crippen molar-refractivity contribution in [1.82, 2.24) is 9.80 Å². The Hall–Kier alpha value is -1.66. The molecule has 5 nitrogen and oxygen atoms in total. The monoisotopic (exact) mass is 356 g/mol. The molecule has 1 aromatic rings. The molecule has 1 N–H and O–H groups in total. The number of carbonyl (C=O) groups excluding carboxylic acids is 1. The van der Waals surface area contributed by atoms with E-state index in [1.807, 2.05) is 0 Å². The maximum absolute atomic E-state index is 13.9. The standard InChI is InChI=1S/C17H22ClFN2O3/c1-12(22)21(11-17(23)24)15-3-2-7-20(8-6-15)10-13-4-5-14(18)9-16(13)19/h4-5,9,15H,2-3,6-8,10-11H2,1H3,(H,23,24). The summed E-state index contributed by atoms with van der Waals surface area (Å²) in [7, 11) is 0. The number of halogens is 2. The van der Waals surface area contributed by atoms with Gasteiger partial charge >= 0.3 is 5.97 Å². The lowest BCUT2D eigenvalue weighted by molar-refractivity contribution is -0.145. The second kappa shape index (κ2) is 8.44. The SMILES string of the molecule is CC(=O)N(CC(=O)O)C1CCCN(Cc2ccc(Cl)cc2F)CC1. The van der Waals surface area contributed by atoms with E-state index < -0.39 is 5.97 Å². The van der Waals surface area contributed by atoms with E-state index in [1.54, 1.807) is 12.1 Å². The van der Waals surface area contributed by atoms with Crippen LogP contribution in [-0.2, 0) is 16.1 Å². The molecule has 0 aliphatic carbocycles. The van der Waals surface area contributed by atoms with Crippen LogP contribution in [0.1, 0.15) is 31.7 Å². The number of carboxylic acids is 1. The summed E-state index contributed by atoms with van der Waals surface area (Å²) in [5.41, 5.74) is 0.590. The van der Waals surface area contributed by atoms with Gasteiger partial charge in [-0.15, -0.1) is 0 Å². The molecule has 1 heterocycles. The van der Waals surface area contributed by atoms with Gasteiger partial charge in [0, 0.05) is 36.6 Å². The number of carboxylic acid groups (broad SMARTS) is 1. The Bertz CT molecular complexity index is 611. The maximum Gasteiger partial charge on any atom is 0.323 e. The van der Waals surface area contributed by atoms with Gasteiger partial charge in [0.2, 0.25) is 5.91 Å². The zero-order valence-corrected chi connectivity index (χ0v) is 14.4. The zero-order valence-electron chi connectivity index (χ0n) is 13.7. The normalized spacial score (nSPS) is 18.9. The highest BCUT2D eigenvalue weighted by molar-refractivity contribution is 6.30. The fourth-order valence-electron chi connectivity index (χ4n) is 3.14. The number of benzene rings is 1. The Kier molecular flexibility index (Phi) is 6.57. The van der Waals surface area contributed by atoms with E-state index in [0.29, 0.717) is 30.1 Å². The number of nitrogens with zero attached hydrogens (tertiary/aromatic N) is 2. The Balaban J connectivity index is 1.98. The third kappa shape index (κ3) is 5.18. The summed E-state index contributed by atoms with van der Waals surface area (Å²) in [5.74, 6) is -1.55. The molecular formula is C17H22ClFN2O3. The zero-order chi connectivity index (χ0) is 17.7. The van der Waals surface area contributed by atoms with Gasteiger partial charge in [0.05, 0.1) is 0 Å². The first-order valence-corrected chi connectivity index (χ1v) is 8.40. The lowest BCUT2D eigenvalue weighted by atomic mass is 10.1. The van der Waals surface area contributed by atoms with Crippen molar-refractivity contribution < 1.29 is 19.1 Å². The van der Waals surface area contributed by atoms with E-state index in [-0.39, 0.29) is 24.3 Å². The molecule has 0 saturated carbocycles. The molecule has 2 rings (SSSR count). The molecule has 1 amide bonds. The van der Waals surface area contributed by atoms with Crippen LogP contribution in [0.5, 0.6) is 0 Å². The van der Waals surface area contributed by atoms with Crippen LogP contribution in [0.15, 0.2) is 18.2 Å². The first-order chi connectivity index (χ1) is 11.4. The van der Waals surface area contributed by atoms with Crippen LogP contribution < -0.4 is 0 Å². The van der Waals surface area contributed by atoms with Gasteiger partial charge in [0.1, 0.15) is 12.4 Å². The minimum atomic E-state index is -1.01. The topological polar surface area (TPSA) is 60.9 Å². The number of likely N-dealkylation sites (tertiary alicyclic amines) is 1. The highest BCUT2D eigenvalue weighted by Gasteiger charge is 2.26. The average Bonchev–Trinajstić information content (AvgIpc) is 2.73. The van der Waals surface area contributed by atoms with Crippen LogP contribution >= 0.6 is 11.6 Å². The summed E-state index contributed by atoms with van der Waals surface area (Å²) >= 11 is 5.77. The van der Waals surface area contributed by atoms with Gasteiger partial charge in [0.15, 0.2) is 0 Å². The van der Waals surface area contributed by atoms with E-state index in [9.17, 15) is 14.0 Å². The van der Waals surface area contributed by atoms with Crippen LogP contribution in [0.25, 0.3) is 0 Å². The molecule has 0 radical (unpaired) electrons. The van der Waals surface area contributed by atoms with Gasteiger partial charge in [-0.05, 0) is 37.9 Å². The van der Waals surface area contributed by atoms with Crippen LogP contribution in [0, 0.1) is 5.82 Å². The number of amides is 1. The summed E-state index contributed by atoms with van der Waals surface area (Å²) in [6.07, 6.45) is 2.28. The first-order valence-electron chi connectivity index (χ1n) is 8.02. The molecule has 0 aromatic heterocycles. The van der Waals surface area contributed by atoms with Crippen molar-refractivity contribution in [2.24, 2.45) is 0 Å². The van der Waals surface area contributed by atoms with E-state index in [4.69, 9.17) is 16.7 Å². The lowest BCUT2D eigenvalue weighted by Gasteiger charge is -2.29. The van der Waals surface area contributed by atoms with Crippen molar-refractivity contribution in [3.63, 3.8) is 0 Å². The highest BCUT2D eigenvalue weighted by Crippen LogP contribution is 2.21. The predicted molar refractivity (Wildman–Crippen MR) is 89.3 cm³/mol. The molecule has 7 heteroatoms. The molecule has 132 valence electrons. The van der Waals surface area contributed by atoms with Crippen molar-refractivity contribution in [1.29, 1.82) is 0 Å². The smallest absolute Gasteiger partial charge is 0.323 e. The second-order valence-electron chi connectivity index (χ2n) is 6.14. The van der Waals surface area contributed by atoms with Gasteiger partial charge in [-0.3, -0.25) is 14.5 Å². The maximum atomic E-state index is 13.9. The van der Waals surface area contributed by atoms with E-state index >= 15 is 0 Å². The quantitative estimate of drug-likeness (QED) is 0.881.